The molecule has 0 bridgehead atoms. The monoisotopic (exact) mass is 402 g/mol. The molecule has 1 atom stereocenters. The lowest BCUT2D eigenvalue weighted by atomic mass is 9.88. The van der Waals surface area contributed by atoms with Crippen LogP contribution in [0.3, 0.4) is 0 Å². The number of carbonyl (C=O) groups excluding carboxylic acids is 1. The molecule has 28 heavy (non-hydrogen) atoms. The summed E-state index contributed by atoms with van der Waals surface area (Å²) in [5.74, 6) is 1.66. The Morgan fingerprint density at radius 1 is 1.25 bits per heavy atom. The van der Waals surface area contributed by atoms with E-state index < -0.39 is 0 Å². The van der Waals surface area contributed by atoms with Gasteiger partial charge >= 0.3 is 0 Å². The summed E-state index contributed by atoms with van der Waals surface area (Å²) in [6.07, 6.45) is 9.17. The smallest absolute Gasteiger partial charge is 0.225 e. The number of benzene rings is 1. The van der Waals surface area contributed by atoms with Crippen molar-refractivity contribution in [2.45, 2.75) is 57.9 Å². The van der Waals surface area contributed by atoms with E-state index in [0.717, 1.165) is 50.2 Å². The summed E-state index contributed by atoms with van der Waals surface area (Å²) in [6.45, 7) is 4.19. The molecule has 2 N–H and O–H groups in total. The van der Waals surface area contributed by atoms with Gasteiger partial charge in [0.25, 0.3) is 0 Å². The molecule has 1 aliphatic heterocycles. The van der Waals surface area contributed by atoms with Crippen molar-refractivity contribution in [2.75, 3.05) is 18.4 Å². The van der Waals surface area contributed by atoms with Gasteiger partial charge in [-0.3, -0.25) is 4.79 Å². The highest BCUT2D eigenvalue weighted by atomic mass is 35.5. The Labute approximate surface area is 173 Å². The van der Waals surface area contributed by atoms with Crippen molar-refractivity contribution in [3.63, 3.8) is 0 Å². The second-order valence-electron chi connectivity index (χ2n) is 8.01. The minimum absolute atomic E-state index is 0. The number of halogens is 1. The number of rotatable bonds is 5. The van der Waals surface area contributed by atoms with Crippen LogP contribution in [0.25, 0.3) is 0 Å². The minimum Gasteiger partial charge on any atom is -0.317 e. The average molecular weight is 403 g/mol. The van der Waals surface area contributed by atoms with Crippen molar-refractivity contribution in [3.05, 3.63) is 47.2 Å². The second-order valence-corrected chi connectivity index (χ2v) is 8.01. The molecule has 4 rings (SSSR count). The molecule has 2 aliphatic rings. The first-order chi connectivity index (χ1) is 13.2. The van der Waals surface area contributed by atoms with E-state index in [0.29, 0.717) is 12.3 Å². The van der Waals surface area contributed by atoms with E-state index in [2.05, 4.69) is 40.0 Å². The topological polar surface area (TPSA) is 59.0 Å². The molecule has 1 saturated heterocycles. The molecular formula is C22H31ClN4O. The first kappa shape index (κ1) is 20.9. The fourth-order valence-corrected chi connectivity index (χ4v) is 4.52. The zero-order valence-corrected chi connectivity index (χ0v) is 17.4. The lowest BCUT2D eigenvalue weighted by molar-refractivity contribution is -0.116. The van der Waals surface area contributed by atoms with Crippen molar-refractivity contribution in [1.82, 2.24) is 15.1 Å². The summed E-state index contributed by atoms with van der Waals surface area (Å²) in [6, 6.07) is 8.85. The van der Waals surface area contributed by atoms with Gasteiger partial charge < -0.3 is 10.6 Å². The van der Waals surface area contributed by atoms with Crippen LogP contribution >= 0.6 is 12.4 Å². The predicted octanol–water partition coefficient (Wildman–Crippen LogP) is 4.26. The number of fused-ring (bicyclic) bond motifs is 1. The molecule has 2 heterocycles. The van der Waals surface area contributed by atoms with Crippen LogP contribution in [0.4, 0.5) is 5.82 Å². The van der Waals surface area contributed by atoms with Crippen LogP contribution in [0.1, 0.15) is 61.3 Å². The first-order valence-electron chi connectivity index (χ1n) is 10.3. The van der Waals surface area contributed by atoms with Gasteiger partial charge in [-0.15, -0.1) is 12.4 Å². The van der Waals surface area contributed by atoms with Crippen LogP contribution in [0, 0.1) is 12.8 Å². The highest BCUT2D eigenvalue weighted by Gasteiger charge is 2.25. The maximum atomic E-state index is 12.6. The van der Waals surface area contributed by atoms with E-state index in [1.807, 2.05) is 17.8 Å². The number of nitrogens with zero attached hydrogens (tertiary/aromatic N) is 2. The number of amides is 1. The molecule has 0 spiro atoms. The minimum atomic E-state index is 0. The van der Waals surface area contributed by atoms with Crippen molar-refractivity contribution in [3.8, 4) is 0 Å². The number of carbonyl (C=O) groups is 1. The maximum absolute atomic E-state index is 12.6. The zero-order valence-electron chi connectivity index (χ0n) is 16.6. The Bertz CT molecular complexity index is 798. The molecule has 1 aromatic heterocycles. The van der Waals surface area contributed by atoms with Gasteiger partial charge in [0.15, 0.2) is 0 Å². The highest BCUT2D eigenvalue weighted by Crippen LogP contribution is 2.35. The lowest BCUT2D eigenvalue weighted by Gasteiger charge is -2.27. The van der Waals surface area contributed by atoms with Crippen LogP contribution in [-0.2, 0) is 11.2 Å². The normalized spacial score (nSPS) is 19.5. The molecule has 1 aliphatic carbocycles. The molecule has 6 heteroatoms. The number of aromatic nitrogens is 2. The van der Waals surface area contributed by atoms with Gasteiger partial charge in [0.05, 0.1) is 12.2 Å². The largest absolute Gasteiger partial charge is 0.317 e. The number of nitrogens with one attached hydrogen (secondary N) is 2. The van der Waals surface area contributed by atoms with Crippen LogP contribution in [0.5, 0.6) is 0 Å². The molecule has 1 amide bonds. The quantitative estimate of drug-likeness (QED) is 0.785. The van der Waals surface area contributed by atoms with E-state index in [1.54, 1.807) is 0 Å². The number of aryl methyl sites for hydroxylation is 2. The standard InChI is InChI=1S/C22H30N4O.ClH/c1-16-15-24-26(20-8-4-6-18-5-2-3-7-19(18)20)22(16)25-21(27)10-9-17-11-13-23-14-12-17;/h2-3,5,7,15,17,20,23H,4,6,8-14H2,1H3,(H,25,27);1H. The van der Waals surface area contributed by atoms with Crippen molar-refractivity contribution >= 4 is 24.1 Å². The van der Waals surface area contributed by atoms with Crippen molar-refractivity contribution in [1.29, 1.82) is 0 Å². The number of piperidine rings is 1. The molecule has 152 valence electrons. The summed E-state index contributed by atoms with van der Waals surface area (Å²) in [5.41, 5.74) is 3.79. The third kappa shape index (κ3) is 4.58. The summed E-state index contributed by atoms with van der Waals surface area (Å²) in [5, 5.41) is 11.2. The van der Waals surface area contributed by atoms with E-state index in [1.165, 1.54) is 24.0 Å². The third-order valence-corrected chi connectivity index (χ3v) is 6.11. The van der Waals surface area contributed by atoms with Crippen LogP contribution < -0.4 is 10.6 Å². The predicted molar refractivity (Wildman–Crippen MR) is 115 cm³/mol. The molecule has 1 fully saturated rings. The van der Waals surface area contributed by atoms with Gasteiger partial charge in [-0.25, -0.2) is 4.68 Å². The fourth-order valence-electron chi connectivity index (χ4n) is 4.52. The SMILES string of the molecule is Cc1cnn(C2CCCc3ccccc32)c1NC(=O)CCC1CCNCC1.Cl. The molecule has 1 unspecified atom stereocenters. The van der Waals surface area contributed by atoms with Gasteiger partial charge in [0.2, 0.25) is 5.91 Å². The molecule has 0 radical (unpaired) electrons. The molecule has 5 nitrogen and oxygen atoms in total. The van der Waals surface area contributed by atoms with Crippen molar-refractivity contribution < 1.29 is 4.79 Å². The molecule has 1 aromatic carbocycles. The van der Waals surface area contributed by atoms with Gasteiger partial charge in [0.1, 0.15) is 5.82 Å². The third-order valence-electron chi connectivity index (χ3n) is 6.11. The van der Waals surface area contributed by atoms with E-state index in [-0.39, 0.29) is 24.4 Å². The van der Waals surface area contributed by atoms with Crippen molar-refractivity contribution in [2.24, 2.45) is 5.92 Å². The first-order valence-corrected chi connectivity index (χ1v) is 10.3. The summed E-state index contributed by atoms with van der Waals surface area (Å²) >= 11 is 0. The Kier molecular flexibility index (Phi) is 7.13. The van der Waals surface area contributed by atoms with E-state index in [9.17, 15) is 4.79 Å². The average Bonchev–Trinajstić information content (AvgIpc) is 3.07. The second kappa shape index (κ2) is 9.57. The summed E-state index contributed by atoms with van der Waals surface area (Å²) in [7, 11) is 0. The van der Waals surface area contributed by atoms with Crippen LogP contribution in [0.2, 0.25) is 0 Å². The van der Waals surface area contributed by atoms with Gasteiger partial charge in [-0.2, -0.15) is 5.10 Å². The number of anilines is 1. The Balaban J connectivity index is 0.00000225. The van der Waals surface area contributed by atoms with E-state index >= 15 is 0 Å². The van der Waals surface area contributed by atoms with Gasteiger partial charge in [-0.05, 0) is 75.6 Å². The maximum Gasteiger partial charge on any atom is 0.225 e. The molecular weight excluding hydrogens is 372 g/mol. The lowest BCUT2D eigenvalue weighted by Crippen LogP contribution is -2.28. The summed E-state index contributed by atoms with van der Waals surface area (Å²) < 4.78 is 2.04. The van der Waals surface area contributed by atoms with Gasteiger partial charge in [0, 0.05) is 12.0 Å². The van der Waals surface area contributed by atoms with Crippen LogP contribution in [-0.4, -0.2) is 28.8 Å². The summed E-state index contributed by atoms with van der Waals surface area (Å²) in [4.78, 5) is 12.6. The number of hydrogen-bond acceptors (Lipinski definition) is 3. The van der Waals surface area contributed by atoms with E-state index in [4.69, 9.17) is 0 Å². The highest BCUT2D eigenvalue weighted by molar-refractivity contribution is 5.90. The van der Waals surface area contributed by atoms with Gasteiger partial charge in [-0.1, -0.05) is 24.3 Å². The van der Waals surface area contributed by atoms with Crippen LogP contribution in [0.15, 0.2) is 30.5 Å². The Hall–Kier alpha value is -1.85. The molecule has 0 saturated carbocycles. The molecule has 2 aromatic rings. The Morgan fingerprint density at radius 3 is 2.86 bits per heavy atom. The zero-order chi connectivity index (χ0) is 18.6. The number of hydrogen-bond donors (Lipinski definition) is 2. The fraction of sp³-hybridized carbons (Fsp3) is 0.545. The Morgan fingerprint density at radius 2 is 2.04 bits per heavy atom.